The van der Waals surface area contributed by atoms with Crippen LogP contribution in [0.2, 0.25) is 10.0 Å². The van der Waals surface area contributed by atoms with Gasteiger partial charge in [-0.25, -0.2) is 4.39 Å². The molecule has 0 aromatic heterocycles. The quantitative estimate of drug-likeness (QED) is 0.266. The van der Waals surface area contributed by atoms with E-state index in [9.17, 15) is 8.96 Å². The van der Waals surface area contributed by atoms with E-state index in [0.29, 0.717) is 32.5 Å². The van der Waals surface area contributed by atoms with Crippen molar-refractivity contribution < 1.29 is 13.7 Å². The van der Waals surface area contributed by atoms with Crippen molar-refractivity contribution in [3.05, 3.63) is 81.3 Å². The van der Waals surface area contributed by atoms with Crippen LogP contribution in [-0.4, -0.2) is 13.3 Å². The molecule has 2 aromatic rings. The molecule has 0 aliphatic rings. The summed E-state index contributed by atoms with van der Waals surface area (Å²) < 4.78 is 32.0. The van der Waals surface area contributed by atoms with Crippen LogP contribution >= 0.6 is 30.3 Å². The zero-order chi connectivity index (χ0) is 21.2. The lowest BCUT2D eigenvalue weighted by atomic mass is 10.0. The van der Waals surface area contributed by atoms with Gasteiger partial charge in [-0.2, -0.15) is 0 Å². The fourth-order valence-electron chi connectivity index (χ4n) is 2.96. The van der Waals surface area contributed by atoms with Gasteiger partial charge in [-0.1, -0.05) is 41.9 Å². The number of ether oxygens (including phenoxy) is 1. The zero-order valence-electron chi connectivity index (χ0n) is 16.6. The van der Waals surface area contributed by atoms with E-state index in [1.54, 1.807) is 51.5 Å². The molecule has 6 heteroatoms. The normalized spacial score (nSPS) is 13.4. The van der Waals surface area contributed by atoms with Gasteiger partial charge in [-0.05, 0) is 75.1 Å². The molecule has 0 spiro atoms. The first-order chi connectivity index (χ1) is 12.9. The van der Waals surface area contributed by atoms with Crippen LogP contribution in [-0.2, 0) is 9.30 Å². The second-order valence-corrected chi connectivity index (χ2v) is 11.2. The molecule has 0 N–H and O–H groups in total. The molecule has 0 amide bonds. The fourth-order valence-corrected chi connectivity index (χ4v) is 4.57. The van der Waals surface area contributed by atoms with Crippen LogP contribution in [0.4, 0.5) is 4.39 Å². The van der Waals surface area contributed by atoms with E-state index in [4.69, 9.17) is 27.9 Å². The van der Waals surface area contributed by atoms with Gasteiger partial charge in [0.05, 0.1) is 5.76 Å². The number of halogens is 3. The van der Waals surface area contributed by atoms with Crippen molar-refractivity contribution >= 4 is 41.2 Å². The van der Waals surface area contributed by atoms with Crippen LogP contribution in [0.15, 0.2) is 48.7 Å². The third-order valence-electron chi connectivity index (χ3n) is 4.46. The van der Waals surface area contributed by atoms with Gasteiger partial charge in [0.2, 0.25) is 0 Å². The molecule has 0 saturated carbocycles. The van der Waals surface area contributed by atoms with Gasteiger partial charge in [0.25, 0.3) is 0 Å². The second kappa shape index (κ2) is 8.86. The number of allylic oxidation sites excluding steroid dienone is 3. The van der Waals surface area contributed by atoms with E-state index in [0.717, 1.165) is 10.9 Å². The molecule has 2 rings (SSSR count). The van der Waals surface area contributed by atoms with E-state index < -0.39 is 13.2 Å². The van der Waals surface area contributed by atoms with Crippen molar-refractivity contribution in [1.29, 1.82) is 0 Å². The van der Waals surface area contributed by atoms with Gasteiger partial charge in [-0.3, -0.25) is 0 Å². The molecular formula is C22H24Cl2FO2P. The van der Waals surface area contributed by atoms with Crippen LogP contribution in [0.5, 0.6) is 0 Å². The van der Waals surface area contributed by atoms with Crippen LogP contribution < -0.4 is 5.30 Å². The molecule has 0 bridgehead atoms. The maximum absolute atomic E-state index is 13.9. The van der Waals surface area contributed by atoms with Gasteiger partial charge in [0.1, 0.15) is 19.1 Å². The molecule has 150 valence electrons. The van der Waals surface area contributed by atoms with E-state index in [1.165, 1.54) is 12.1 Å². The van der Waals surface area contributed by atoms with Gasteiger partial charge >= 0.3 is 0 Å². The molecule has 0 heterocycles. The lowest BCUT2D eigenvalue weighted by molar-refractivity contribution is 0.134. The van der Waals surface area contributed by atoms with Gasteiger partial charge in [0, 0.05) is 20.9 Å². The molecule has 1 atom stereocenters. The smallest absolute Gasteiger partial charge is 0.126 e. The summed E-state index contributed by atoms with van der Waals surface area (Å²) in [6.45, 7) is 12.7. The van der Waals surface area contributed by atoms with Gasteiger partial charge < -0.3 is 9.30 Å². The monoisotopic (exact) mass is 440 g/mol. The lowest BCUT2D eigenvalue weighted by Crippen LogP contribution is -2.04. The Labute approximate surface area is 176 Å². The van der Waals surface area contributed by atoms with E-state index in [-0.39, 0.29) is 5.82 Å². The molecular weight excluding hydrogens is 417 g/mol. The molecule has 2 nitrogen and oxygen atoms in total. The summed E-state index contributed by atoms with van der Waals surface area (Å²) in [6, 6.07) is 8.19. The van der Waals surface area contributed by atoms with Crippen LogP contribution in [0.25, 0.3) is 5.57 Å². The third kappa shape index (κ3) is 5.29. The molecule has 28 heavy (non-hydrogen) atoms. The Morgan fingerprint density at radius 3 is 2.43 bits per heavy atom. The van der Waals surface area contributed by atoms with Crippen molar-refractivity contribution in [2.45, 2.75) is 26.9 Å². The zero-order valence-corrected chi connectivity index (χ0v) is 19.1. The summed E-state index contributed by atoms with van der Waals surface area (Å²) in [6.07, 6.45) is 1.33. The number of hydrogen-bond acceptors (Lipinski definition) is 2. The average molecular weight is 441 g/mol. The first kappa shape index (κ1) is 22.7. The molecule has 0 fully saturated rings. The van der Waals surface area contributed by atoms with E-state index in [1.807, 2.05) is 6.92 Å². The van der Waals surface area contributed by atoms with Crippen LogP contribution in [0.3, 0.4) is 0 Å². The largest absolute Gasteiger partial charge is 0.491 e. The number of hydrogen-bond donors (Lipinski definition) is 0. The van der Waals surface area contributed by atoms with Gasteiger partial charge in [0.15, 0.2) is 0 Å². The minimum Gasteiger partial charge on any atom is -0.491 e. The first-order valence-electron chi connectivity index (χ1n) is 8.75. The minimum atomic E-state index is -2.39. The highest BCUT2D eigenvalue weighted by Gasteiger charge is 2.17. The Morgan fingerprint density at radius 2 is 1.86 bits per heavy atom. The Bertz CT molecular complexity index is 992. The summed E-state index contributed by atoms with van der Waals surface area (Å²) >= 11 is 12.6. The third-order valence-corrected chi connectivity index (χ3v) is 6.63. The molecule has 0 aliphatic carbocycles. The summed E-state index contributed by atoms with van der Waals surface area (Å²) in [5, 5.41) is 1.66. The van der Waals surface area contributed by atoms with Crippen molar-refractivity contribution in [3.63, 3.8) is 0 Å². The standard InChI is InChI=1S/C22H24Cl2FO2P/c1-13(18-8-7-17(12-20(18)24)28(5,6)26)11-14(2)27-16(4)22-15(3)21(25)10-9-19(22)23/h7-12,16H,1H2,2-6H3. The maximum Gasteiger partial charge on any atom is 0.126 e. The topological polar surface area (TPSA) is 26.3 Å². The molecule has 0 aliphatic heterocycles. The first-order valence-corrected chi connectivity index (χ1v) is 12.1. The molecule has 1 unspecified atom stereocenters. The predicted octanol–water partition coefficient (Wildman–Crippen LogP) is 7.38. The summed E-state index contributed by atoms with van der Waals surface area (Å²) in [4.78, 5) is 0. The minimum absolute atomic E-state index is 0.322. The maximum atomic E-state index is 13.9. The molecule has 0 saturated heterocycles. The number of rotatable bonds is 6. The van der Waals surface area contributed by atoms with Crippen molar-refractivity contribution in [2.24, 2.45) is 0 Å². The van der Waals surface area contributed by atoms with Crippen LogP contribution in [0, 0.1) is 12.7 Å². The van der Waals surface area contributed by atoms with Crippen molar-refractivity contribution in [2.75, 3.05) is 13.3 Å². The Morgan fingerprint density at radius 1 is 1.21 bits per heavy atom. The lowest BCUT2D eigenvalue weighted by Gasteiger charge is -2.19. The summed E-state index contributed by atoms with van der Waals surface area (Å²) in [7, 11) is -2.39. The van der Waals surface area contributed by atoms with E-state index >= 15 is 0 Å². The van der Waals surface area contributed by atoms with Crippen LogP contribution in [0.1, 0.15) is 36.6 Å². The summed E-state index contributed by atoms with van der Waals surface area (Å²) in [5.41, 5.74) is 2.47. The van der Waals surface area contributed by atoms with E-state index in [2.05, 4.69) is 6.58 Å². The number of benzene rings is 2. The highest BCUT2D eigenvalue weighted by molar-refractivity contribution is 7.70. The highest BCUT2D eigenvalue weighted by Crippen LogP contribution is 2.37. The second-order valence-electron chi connectivity index (χ2n) is 7.12. The SMILES string of the molecule is C=C(C=C(C)OC(C)c1c(Cl)ccc(F)c1C)c1ccc(P(C)(C)=O)cc1Cl. The fraction of sp³-hybridized carbons (Fsp3) is 0.273. The predicted molar refractivity (Wildman–Crippen MR) is 119 cm³/mol. The Balaban J connectivity index is 2.23. The summed E-state index contributed by atoms with van der Waals surface area (Å²) in [5.74, 6) is 0.269. The Kier molecular flexibility index (Phi) is 7.20. The van der Waals surface area contributed by atoms with Gasteiger partial charge in [-0.15, -0.1) is 0 Å². The van der Waals surface area contributed by atoms with Crippen molar-refractivity contribution in [1.82, 2.24) is 0 Å². The average Bonchev–Trinajstić information content (AvgIpc) is 2.57. The highest BCUT2D eigenvalue weighted by atomic mass is 35.5. The van der Waals surface area contributed by atoms with Crippen molar-refractivity contribution in [3.8, 4) is 0 Å². The molecule has 0 radical (unpaired) electrons. The Hall–Kier alpha value is -1.54. The molecule has 2 aromatic carbocycles.